The van der Waals surface area contributed by atoms with E-state index in [-0.39, 0.29) is 6.04 Å². The van der Waals surface area contributed by atoms with E-state index >= 15 is 0 Å². The molecule has 0 spiro atoms. The van der Waals surface area contributed by atoms with E-state index < -0.39 is 0 Å². The van der Waals surface area contributed by atoms with Crippen LogP contribution in [-0.4, -0.2) is 18.5 Å². The minimum atomic E-state index is 0.218. The summed E-state index contributed by atoms with van der Waals surface area (Å²) in [6.45, 7) is 3.45. The maximum atomic E-state index is 6.06. The smallest absolute Gasteiger partial charge is 0.105 e. The van der Waals surface area contributed by atoms with Gasteiger partial charge in [0.2, 0.25) is 0 Å². The summed E-state index contributed by atoms with van der Waals surface area (Å²) in [5.74, 6) is 0.979. The molecule has 0 bridgehead atoms. The molecular weight excluding hydrogens is 280 g/mol. The van der Waals surface area contributed by atoms with Crippen LogP contribution in [0.2, 0.25) is 0 Å². The first-order chi connectivity index (χ1) is 10.2. The lowest BCUT2D eigenvalue weighted by Crippen LogP contribution is -2.30. The highest BCUT2D eigenvalue weighted by molar-refractivity contribution is 7.17. The van der Waals surface area contributed by atoms with Crippen LogP contribution in [0.1, 0.15) is 22.9 Å². The summed E-state index contributed by atoms with van der Waals surface area (Å²) in [5, 5.41) is 3.55. The highest BCUT2D eigenvalue weighted by Crippen LogP contribution is 2.33. The average Bonchev–Trinajstić information content (AvgIpc) is 3.08. The van der Waals surface area contributed by atoms with Crippen LogP contribution in [0.3, 0.4) is 0 Å². The number of hydrogen-bond donors (Lipinski definition) is 1. The van der Waals surface area contributed by atoms with Crippen molar-refractivity contribution >= 4 is 21.4 Å². The largest absolute Gasteiger partial charge is 0.469 e. The van der Waals surface area contributed by atoms with Crippen LogP contribution in [0.4, 0.5) is 0 Å². The summed E-state index contributed by atoms with van der Waals surface area (Å²) >= 11 is 1.79. The van der Waals surface area contributed by atoms with Gasteiger partial charge in [-0.3, -0.25) is 4.90 Å². The van der Waals surface area contributed by atoms with E-state index in [0.717, 1.165) is 12.3 Å². The lowest BCUT2D eigenvalue weighted by Gasteiger charge is -2.26. The molecule has 1 atom stereocenters. The number of furan rings is 1. The Labute approximate surface area is 129 Å². The predicted molar refractivity (Wildman–Crippen MR) is 88.5 cm³/mol. The molecule has 0 saturated heterocycles. The van der Waals surface area contributed by atoms with Crippen LogP contribution in [0.15, 0.2) is 46.4 Å². The van der Waals surface area contributed by atoms with Crippen molar-refractivity contribution in [1.82, 2.24) is 4.90 Å². The fourth-order valence-electron chi connectivity index (χ4n) is 2.75. The van der Waals surface area contributed by atoms with Crippen molar-refractivity contribution in [2.24, 2.45) is 5.73 Å². The SMILES string of the molecule is Cc1occc1CN(C)C(CN)c1csc2ccccc12. The van der Waals surface area contributed by atoms with Crippen molar-refractivity contribution < 1.29 is 4.42 Å². The zero-order valence-corrected chi connectivity index (χ0v) is 13.2. The zero-order valence-electron chi connectivity index (χ0n) is 12.4. The van der Waals surface area contributed by atoms with Gasteiger partial charge in [0.05, 0.1) is 6.26 Å². The molecule has 110 valence electrons. The summed E-state index contributed by atoms with van der Waals surface area (Å²) < 4.78 is 6.70. The summed E-state index contributed by atoms with van der Waals surface area (Å²) in [6, 6.07) is 10.8. The van der Waals surface area contributed by atoms with E-state index in [0.29, 0.717) is 6.54 Å². The molecule has 3 aromatic rings. The standard InChI is InChI=1S/C17H20N2OS/c1-12-13(7-8-20-12)10-19(2)16(9-18)15-11-21-17-6-4-3-5-14(15)17/h3-8,11,16H,9-10,18H2,1-2H3. The topological polar surface area (TPSA) is 42.4 Å². The quantitative estimate of drug-likeness (QED) is 0.776. The molecule has 3 nitrogen and oxygen atoms in total. The van der Waals surface area contributed by atoms with Gasteiger partial charge in [-0.1, -0.05) is 18.2 Å². The van der Waals surface area contributed by atoms with E-state index in [4.69, 9.17) is 10.2 Å². The molecule has 1 aromatic carbocycles. The Hall–Kier alpha value is -1.62. The van der Waals surface area contributed by atoms with Gasteiger partial charge < -0.3 is 10.2 Å². The Morgan fingerprint density at radius 3 is 2.81 bits per heavy atom. The van der Waals surface area contributed by atoms with Gasteiger partial charge in [-0.25, -0.2) is 0 Å². The molecule has 0 aliphatic carbocycles. The third kappa shape index (κ3) is 2.75. The minimum Gasteiger partial charge on any atom is -0.469 e. The molecule has 21 heavy (non-hydrogen) atoms. The maximum Gasteiger partial charge on any atom is 0.105 e. The Morgan fingerprint density at radius 2 is 2.10 bits per heavy atom. The van der Waals surface area contributed by atoms with Crippen molar-refractivity contribution in [3.63, 3.8) is 0 Å². The normalized spacial score (nSPS) is 13.1. The molecule has 0 amide bonds. The average molecular weight is 300 g/mol. The van der Waals surface area contributed by atoms with E-state index in [2.05, 4.69) is 41.6 Å². The first kappa shape index (κ1) is 14.3. The monoisotopic (exact) mass is 300 g/mol. The Morgan fingerprint density at radius 1 is 1.29 bits per heavy atom. The second-order valence-corrected chi connectivity index (χ2v) is 6.27. The number of hydrogen-bond acceptors (Lipinski definition) is 4. The molecule has 0 aliphatic rings. The highest BCUT2D eigenvalue weighted by atomic mass is 32.1. The minimum absolute atomic E-state index is 0.218. The van der Waals surface area contributed by atoms with Crippen molar-refractivity contribution in [3.05, 3.63) is 58.9 Å². The fraction of sp³-hybridized carbons (Fsp3) is 0.294. The molecule has 2 heterocycles. The second kappa shape index (κ2) is 6.02. The first-order valence-electron chi connectivity index (χ1n) is 7.10. The molecule has 3 rings (SSSR count). The number of thiophene rings is 1. The van der Waals surface area contributed by atoms with Gasteiger partial charge in [-0.05, 0) is 42.4 Å². The predicted octanol–water partition coefficient (Wildman–Crippen LogP) is 3.93. The maximum absolute atomic E-state index is 6.06. The number of nitrogens with zero attached hydrogens (tertiary/aromatic N) is 1. The van der Waals surface area contributed by atoms with Crippen LogP contribution in [0, 0.1) is 6.92 Å². The molecule has 1 unspecified atom stereocenters. The molecule has 0 radical (unpaired) electrons. The summed E-state index contributed by atoms with van der Waals surface area (Å²) in [7, 11) is 2.12. The van der Waals surface area contributed by atoms with Gasteiger partial charge in [0.1, 0.15) is 5.76 Å². The summed E-state index contributed by atoms with van der Waals surface area (Å²) in [5.41, 5.74) is 8.60. The lowest BCUT2D eigenvalue weighted by molar-refractivity contribution is 0.242. The van der Waals surface area contributed by atoms with Crippen LogP contribution in [-0.2, 0) is 6.54 Å². The van der Waals surface area contributed by atoms with Crippen molar-refractivity contribution in [2.75, 3.05) is 13.6 Å². The van der Waals surface area contributed by atoms with Gasteiger partial charge in [-0.2, -0.15) is 0 Å². The number of rotatable bonds is 5. The first-order valence-corrected chi connectivity index (χ1v) is 7.98. The van der Waals surface area contributed by atoms with E-state index in [1.54, 1.807) is 17.6 Å². The molecule has 4 heteroatoms. The Balaban J connectivity index is 1.89. The summed E-state index contributed by atoms with van der Waals surface area (Å²) in [6.07, 6.45) is 1.75. The molecule has 2 N–H and O–H groups in total. The Bertz CT molecular complexity index is 731. The Kier molecular flexibility index (Phi) is 4.10. The van der Waals surface area contributed by atoms with Gasteiger partial charge in [0.15, 0.2) is 0 Å². The van der Waals surface area contributed by atoms with Crippen LogP contribution in [0.5, 0.6) is 0 Å². The van der Waals surface area contributed by atoms with Gasteiger partial charge in [0.25, 0.3) is 0 Å². The molecular formula is C17H20N2OS. The van der Waals surface area contributed by atoms with Crippen molar-refractivity contribution in [1.29, 1.82) is 0 Å². The zero-order chi connectivity index (χ0) is 14.8. The number of nitrogens with two attached hydrogens (primary N) is 1. The summed E-state index contributed by atoms with van der Waals surface area (Å²) in [4.78, 5) is 2.30. The van der Waals surface area contributed by atoms with Crippen molar-refractivity contribution in [2.45, 2.75) is 19.5 Å². The van der Waals surface area contributed by atoms with Gasteiger partial charge in [0, 0.05) is 29.4 Å². The van der Waals surface area contributed by atoms with Crippen LogP contribution < -0.4 is 5.73 Å². The van der Waals surface area contributed by atoms with Gasteiger partial charge in [-0.15, -0.1) is 11.3 Å². The second-order valence-electron chi connectivity index (χ2n) is 5.36. The molecule has 0 aliphatic heterocycles. The lowest BCUT2D eigenvalue weighted by atomic mass is 10.0. The van der Waals surface area contributed by atoms with Gasteiger partial charge >= 0.3 is 0 Å². The highest BCUT2D eigenvalue weighted by Gasteiger charge is 2.20. The van der Waals surface area contributed by atoms with E-state index in [1.807, 2.05) is 13.0 Å². The fourth-order valence-corrected chi connectivity index (χ4v) is 3.76. The number of fused-ring (bicyclic) bond motifs is 1. The number of likely N-dealkylation sites (N-methyl/N-ethyl adjacent to an activating group) is 1. The van der Waals surface area contributed by atoms with Crippen LogP contribution >= 0.6 is 11.3 Å². The number of benzene rings is 1. The van der Waals surface area contributed by atoms with Crippen LogP contribution in [0.25, 0.3) is 10.1 Å². The molecule has 0 saturated carbocycles. The molecule has 0 fully saturated rings. The third-order valence-electron chi connectivity index (χ3n) is 4.01. The number of aryl methyl sites for hydroxylation is 1. The molecule has 2 aromatic heterocycles. The van der Waals surface area contributed by atoms with Crippen molar-refractivity contribution in [3.8, 4) is 0 Å². The van der Waals surface area contributed by atoms with E-state index in [1.165, 1.54) is 21.2 Å². The third-order valence-corrected chi connectivity index (χ3v) is 4.99. The van der Waals surface area contributed by atoms with E-state index in [9.17, 15) is 0 Å².